The summed E-state index contributed by atoms with van der Waals surface area (Å²) in [5.41, 5.74) is 8.07. The number of methoxy groups -OCH3 is 1. The van der Waals surface area contributed by atoms with Crippen molar-refractivity contribution in [3.8, 4) is 11.5 Å². The number of nitrogens with one attached hydrogen (secondary N) is 3. The van der Waals surface area contributed by atoms with Gasteiger partial charge in [0, 0.05) is 17.7 Å². The maximum Gasteiger partial charge on any atom is 0.247 e. The Labute approximate surface area is 126 Å². The minimum Gasteiger partial charge on any atom is -0.504 e. The highest BCUT2D eigenvalue weighted by Crippen LogP contribution is 2.27. The van der Waals surface area contributed by atoms with Gasteiger partial charge in [-0.3, -0.25) is 15.0 Å². The lowest BCUT2D eigenvalue weighted by Gasteiger charge is -2.06. The number of aromatic hydroxyl groups is 1. The van der Waals surface area contributed by atoms with Gasteiger partial charge in [-0.15, -0.1) is 0 Å². The summed E-state index contributed by atoms with van der Waals surface area (Å²) in [7, 11) is 1.44. The van der Waals surface area contributed by atoms with Crippen LogP contribution in [0.15, 0.2) is 35.6 Å². The summed E-state index contributed by atoms with van der Waals surface area (Å²) >= 11 is 0. The van der Waals surface area contributed by atoms with E-state index in [1.807, 2.05) is 0 Å². The van der Waals surface area contributed by atoms with Crippen molar-refractivity contribution >= 4 is 18.0 Å². The predicted molar refractivity (Wildman–Crippen MR) is 78.9 cm³/mol. The SMILES string of the molecule is C=C1NNC(=O)C1CC(=O)NN=Cc1cccc(OC)c1O. The number of benzene rings is 1. The molecule has 0 aliphatic carbocycles. The number of phenols is 1. The molecule has 1 unspecified atom stereocenters. The van der Waals surface area contributed by atoms with Crippen LogP contribution in [-0.4, -0.2) is 30.2 Å². The fourth-order valence-electron chi connectivity index (χ4n) is 1.90. The number of phenolic OH excluding ortho intramolecular Hbond substituents is 1. The second-order valence-corrected chi connectivity index (χ2v) is 4.59. The molecule has 1 aliphatic heterocycles. The van der Waals surface area contributed by atoms with Crippen LogP contribution in [0, 0.1) is 5.92 Å². The van der Waals surface area contributed by atoms with Gasteiger partial charge in [0.05, 0.1) is 19.2 Å². The van der Waals surface area contributed by atoms with E-state index in [1.54, 1.807) is 18.2 Å². The van der Waals surface area contributed by atoms with Crippen LogP contribution in [0.25, 0.3) is 0 Å². The Morgan fingerprint density at radius 2 is 2.32 bits per heavy atom. The molecule has 1 aliphatic rings. The van der Waals surface area contributed by atoms with Gasteiger partial charge < -0.3 is 15.3 Å². The number of carbonyl (C=O) groups excluding carboxylic acids is 2. The van der Waals surface area contributed by atoms with E-state index < -0.39 is 11.8 Å². The zero-order chi connectivity index (χ0) is 16.1. The van der Waals surface area contributed by atoms with Crippen LogP contribution in [0.3, 0.4) is 0 Å². The zero-order valence-corrected chi connectivity index (χ0v) is 11.9. The Hall–Kier alpha value is -3.03. The Bertz CT molecular complexity index is 626. The first-order valence-corrected chi connectivity index (χ1v) is 6.45. The molecule has 22 heavy (non-hydrogen) atoms. The minimum absolute atomic E-state index is 0.0703. The monoisotopic (exact) mass is 304 g/mol. The van der Waals surface area contributed by atoms with E-state index in [9.17, 15) is 14.7 Å². The standard InChI is InChI=1S/C14H16N4O4/c1-8-10(14(21)18-16-8)6-12(19)17-15-7-9-4-3-5-11(22-2)13(9)20/h3-5,7,10,16,20H,1,6H2,2H3,(H,17,19)(H,18,21). The largest absolute Gasteiger partial charge is 0.504 e. The average molecular weight is 304 g/mol. The highest BCUT2D eigenvalue weighted by atomic mass is 16.5. The molecule has 0 saturated carbocycles. The molecule has 4 N–H and O–H groups in total. The summed E-state index contributed by atoms with van der Waals surface area (Å²) in [5.74, 6) is -1.14. The first-order valence-electron chi connectivity index (χ1n) is 6.45. The number of nitrogens with zero attached hydrogens (tertiary/aromatic N) is 1. The number of hydrogen-bond donors (Lipinski definition) is 4. The molecule has 1 atom stereocenters. The first kappa shape index (κ1) is 15.4. The number of carbonyl (C=O) groups is 2. The van der Waals surface area contributed by atoms with Crippen molar-refractivity contribution in [1.82, 2.24) is 16.3 Å². The van der Waals surface area contributed by atoms with Crippen LogP contribution in [0.4, 0.5) is 0 Å². The second kappa shape index (κ2) is 6.61. The molecule has 0 aromatic heterocycles. The lowest BCUT2D eigenvalue weighted by atomic mass is 10.0. The number of hydrazine groups is 1. The van der Waals surface area contributed by atoms with Gasteiger partial charge >= 0.3 is 0 Å². The third-order valence-electron chi connectivity index (χ3n) is 3.12. The predicted octanol–water partition coefficient (Wildman–Crippen LogP) is 0.00530. The number of amides is 2. The van der Waals surface area contributed by atoms with Crippen LogP contribution in [0.1, 0.15) is 12.0 Å². The van der Waals surface area contributed by atoms with Crippen molar-refractivity contribution in [2.75, 3.05) is 7.11 Å². The van der Waals surface area contributed by atoms with Gasteiger partial charge in [0.1, 0.15) is 0 Å². The molecule has 2 rings (SSSR count). The lowest BCUT2D eigenvalue weighted by Crippen LogP contribution is -2.27. The molecule has 0 bridgehead atoms. The quantitative estimate of drug-likeness (QED) is 0.452. The molecular weight excluding hydrogens is 288 g/mol. The van der Waals surface area contributed by atoms with Gasteiger partial charge in [-0.2, -0.15) is 5.10 Å². The number of para-hydroxylation sites is 1. The molecule has 2 amide bonds. The molecule has 8 nitrogen and oxygen atoms in total. The van der Waals surface area contributed by atoms with Crippen LogP contribution in [0.5, 0.6) is 11.5 Å². The van der Waals surface area contributed by atoms with E-state index in [2.05, 4.69) is 28.0 Å². The van der Waals surface area contributed by atoms with Crippen molar-refractivity contribution in [3.05, 3.63) is 36.0 Å². The lowest BCUT2D eigenvalue weighted by molar-refractivity contribution is -0.127. The van der Waals surface area contributed by atoms with Crippen molar-refractivity contribution in [2.24, 2.45) is 11.0 Å². The van der Waals surface area contributed by atoms with E-state index in [0.717, 1.165) is 0 Å². The molecular formula is C14H16N4O4. The van der Waals surface area contributed by atoms with Crippen LogP contribution in [0.2, 0.25) is 0 Å². The summed E-state index contributed by atoms with van der Waals surface area (Å²) in [6.07, 6.45) is 1.22. The Kier molecular flexibility index (Phi) is 4.62. The maximum absolute atomic E-state index is 11.7. The second-order valence-electron chi connectivity index (χ2n) is 4.59. The fraction of sp³-hybridized carbons (Fsp3) is 0.214. The van der Waals surface area contributed by atoms with E-state index >= 15 is 0 Å². The Morgan fingerprint density at radius 3 is 2.95 bits per heavy atom. The number of hydrazone groups is 1. The van der Waals surface area contributed by atoms with Gasteiger partial charge in [0.25, 0.3) is 0 Å². The van der Waals surface area contributed by atoms with E-state index in [1.165, 1.54) is 13.3 Å². The van der Waals surface area contributed by atoms with E-state index in [-0.39, 0.29) is 18.1 Å². The van der Waals surface area contributed by atoms with Crippen LogP contribution in [-0.2, 0) is 9.59 Å². The molecule has 1 aromatic rings. The van der Waals surface area contributed by atoms with Gasteiger partial charge in [0.15, 0.2) is 11.5 Å². The molecule has 116 valence electrons. The Balaban J connectivity index is 1.94. The van der Waals surface area contributed by atoms with Crippen LogP contribution >= 0.6 is 0 Å². The van der Waals surface area contributed by atoms with Crippen molar-refractivity contribution < 1.29 is 19.4 Å². The molecule has 1 aromatic carbocycles. The molecule has 8 heteroatoms. The topological polar surface area (TPSA) is 112 Å². The summed E-state index contributed by atoms with van der Waals surface area (Å²) in [6.45, 7) is 3.64. The zero-order valence-electron chi connectivity index (χ0n) is 11.9. The van der Waals surface area contributed by atoms with E-state index in [0.29, 0.717) is 17.0 Å². The normalized spacial score (nSPS) is 17.2. The maximum atomic E-state index is 11.7. The Morgan fingerprint density at radius 1 is 1.55 bits per heavy atom. The highest BCUT2D eigenvalue weighted by molar-refractivity contribution is 5.90. The smallest absolute Gasteiger partial charge is 0.247 e. The van der Waals surface area contributed by atoms with Gasteiger partial charge in [-0.05, 0) is 12.1 Å². The van der Waals surface area contributed by atoms with Crippen molar-refractivity contribution in [2.45, 2.75) is 6.42 Å². The average Bonchev–Trinajstić information content (AvgIpc) is 2.81. The summed E-state index contributed by atoms with van der Waals surface area (Å²) in [6, 6.07) is 4.90. The van der Waals surface area contributed by atoms with Gasteiger partial charge in [-0.25, -0.2) is 5.43 Å². The van der Waals surface area contributed by atoms with Crippen LogP contribution < -0.4 is 21.0 Å². The number of hydrogen-bond acceptors (Lipinski definition) is 6. The molecule has 1 fully saturated rings. The fourth-order valence-corrected chi connectivity index (χ4v) is 1.90. The third-order valence-corrected chi connectivity index (χ3v) is 3.12. The summed E-state index contributed by atoms with van der Waals surface area (Å²) < 4.78 is 4.97. The van der Waals surface area contributed by atoms with Crippen molar-refractivity contribution in [3.63, 3.8) is 0 Å². The molecule has 1 saturated heterocycles. The number of rotatable bonds is 5. The summed E-state index contributed by atoms with van der Waals surface area (Å²) in [5, 5.41) is 13.6. The summed E-state index contributed by atoms with van der Waals surface area (Å²) in [4.78, 5) is 23.2. The molecule has 0 radical (unpaired) electrons. The van der Waals surface area contributed by atoms with Gasteiger partial charge in [-0.1, -0.05) is 12.6 Å². The third kappa shape index (κ3) is 3.35. The highest BCUT2D eigenvalue weighted by Gasteiger charge is 2.29. The molecule has 0 spiro atoms. The van der Waals surface area contributed by atoms with E-state index in [4.69, 9.17) is 4.74 Å². The van der Waals surface area contributed by atoms with Crippen molar-refractivity contribution in [1.29, 1.82) is 0 Å². The van der Waals surface area contributed by atoms with Gasteiger partial charge in [0.2, 0.25) is 11.8 Å². The molecule has 1 heterocycles. The minimum atomic E-state index is -0.625. The first-order chi connectivity index (χ1) is 10.5. The number of ether oxygens (including phenoxy) is 1.